The van der Waals surface area contributed by atoms with Crippen LogP contribution in [-0.4, -0.2) is 47.2 Å². The Hall–Kier alpha value is -2.63. The first-order valence-electron chi connectivity index (χ1n) is 8.40. The first kappa shape index (κ1) is 14.9. The third kappa shape index (κ3) is 3.32. The number of amides is 1. The third-order valence-electron chi connectivity index (χ3n) is 4.43. The van der Waals surface area contributed by atoms with Gasteiger partial charge in [0.25, 0.3) is 0 Å². The topological polar surface area (TPSA) is 58.6 Å². The van der Waals surface area contributed by atoms with Crippen LogP contribution in [0.5, 0.6) is 11.6 Å². The molecule has 1 aliphatic carbocycles. The molecule has 1 saturated heterocycles. The Morgan fingerprint density at radius 3 is 2.33 bits per heavy atom. The number of ether oxygens (including phenoxy) is 1. The van der Waals surface area contributed by atoms with Crippen LogP contribution in [0.15, 0.2) is 42.5 Å². The molecule has 0 atom stereocenters. The summed E-state index contributed by atoms with van der Waals surface area (Å²) in [6.45, 7) is 3.12. The van der Waals surface area contributed by atoms with Crippen LogP contribution in [0.3, 0.4) is 0 Å². The zero-order valence-corrected chi connectivity index (χ0v) is 13.5. The highest BCUT2D eigenvalue weighted by atomic mass is 16.5. The van der Waals surface area contributed by atoms with Gasteiger partial charge in [0.05, 0.1) is 0 Å². The highest BCUT2D eigenvalue weighted by Crippen LogP contribution is 2.31. The van der Waals surface area contributed by atoms with E-state index in [0.29, 0.717) is 17.7 Å². The van der Waals surface area contributed by atoms with Gasteiger partial charge >= 0.3 is 0 Å². The molecule has 1 aromatic carbocycles. The van der Waals surface area contributed by atoms with Gasteiger partial charge in [-0.25, -0.2) is 0 Å². The van der Waals surface area contributed by atoms with Crippen molar-refractivity contribution in [1.82, 2.24) is 15.1 Å². The molecule has 0 unspecified atom stereocenters. The summed E-state index contributed by atoms with van der Waals surface area (Å²) in [7, 11) is 0. The predicted octanol–water partition coefficient (Wildman–Crippen LogP) is 2.33. The number of nitrogens with zero attached hydrogens (tertiary/aromatic N) is 4. The summed E-state index contributed by atoms with van der Waals surface area (Å²) in [4.78, 5) is 16.2. The lowest BCUT2D eigenvalue weighted by molar-refractivity contribution is -0.132. The lowest BCUT2D eigenvalue weighted by atomic mass is 10.2. The van der Waals surface area contributed by atoms with Crippen molar-refractivity contribution in [2.24, 2.45) is 5.92 Å². The molecule has 0 N–H and O–H groups in total. The summed E-state index contributed by atoms with van der Waals surface area (Å²) in [5.41, 5.74) is 0. The fourth-order valence-electron chi connectivity index (χ4n) is 2.89. The van der Waals surface area contributed by atoms with Gasteiger partial charge in [-0.3, -0.25) is 4.79 Å². The van der Waals surface area contributed by atoms with Crippen LogP contribution in [-0.2, 0) is 4.79 Å². The molecule has 4 rings (SSSR count). The lowest BCUT2D eigenvalue weighted by Gasteiger charge is -2.35. The summed E-state index contributed by atoms with van der Waals surface area (Å²) < 4.78 is 5.66. The quantitative estimate of drug-likeness (QED) is 0.864. The van der Waals surface area contributed by atoms with Crippen molar-refractivity contribution in [1.29, 1.82) is 0 Å². The van der Waals surface area contributed by atoms with Crippen molar-refractivity contribution in [2.45, 2.75) is 12.8 Å². The van der Waals surface area contributed by atoms with Crippen LogP contribution in [0.2, 0.25) is 0 Å². The number of hydrogen-bond donors (Lipinski definition) is 0. The van der Waals surface area contributed by atoms with Gasteiger partial charge in [-0.15, -0.1) is 10.2 Å². The van der Waals surface area contributed by atoms with E-state index in [1.807, 2.05) is 47.4 Å². The van der Waals surface area contributed by atoms with Crippen LogP contribution in [0.25, 0.3) is 0 Å². The van der Waals surface area contributed by atoms with Crippen molar-refractivity contribution in [3.63, 3.8) is 0 Å². The molecule has 2 heterocycles. The van der Waals surface area contributed by atoms with E-state index in [1.54, 1.807) is 0 Å². The normalized spacial score (nSPS) is 17.7. The SMILES string of the molecule is O=C(C1CC1)N1CCN(c2ccc(Oc3ccccc3)nn2)CC1. The maximum atomic E-state index is 12.1. The average molecular weight is 324 g/mol. The summed E-state index contributed by atoms with van der Waals surface area (Å²) in [6, 6.07) is 13.3. The molecule has 2 aliphatic rings. The van der Waals surface area contributed by atoms with E-state index in [1.165, 1.54) is 0 Å². The van der Waals surface area contributed by atoms with Gasteiger partial charge in [-0.05, 0) is 31.0 Å². The van der Waals surface area contributed by atoms with E-state index < -0.39 is 0 Å². The van der Waals surface area contributed by atoms with Crippen LogP contribution >= 0.6 is 0 Å². The van der Waals surface area contributed by atoms with Crippen molar-refractivity contribution in [3.8, 4) is 11.6 Å². The van der Waals surface area contributed by atoms with Crippen molar-refractivity contribution >= 4 is 11.7 Å². The van der Waals surface area contributed by atoms with Gasteiger partial charge in [0.15, 0.2) is 5.82 Å². The average Bonchev–Trinajstić information content (AvgIpc) is 3.48. The Morgan fingerprint density at radius 2 is 1.71 bits per heavy atom. The molecule has 6 nitrogen and oxygen atoms in total. The Morgan fingerprint density at radius 1 is 0.958 bits per heavy atom. The van der Waals surface area contributed by atoms with E-state index in [0.717, 1.165) is 50.6 Å². The monoisotopic (exact) mass is 324 g/mol. The first-order chi connectivity index (χ1) is 11.8. The van der Waals surface area contributed by atoms with E-state index >= 15 is 0 Å². The molecule has 2 aromatic rings. The van der Waals surface area contributed by atoms with Crippen molar-refractivity contribution in [3.05, 3.63) is 42.5 Å². The highest BCUT2D eigenvalue weighted by molar-refractivity contribution is 5.81. The number of anilines is 1. The van der Waals surface area contributed by atoms with Gasteiger partial charge in [-0.1, -0.05) is 18.2 Å². The van der Waals surface area contributed by atoms with Crippen LogP contribution in [0.4, 0.5) is 5.82 Å². The minimum atomic E-state index is 0.297. The summed E-state index contributed by atoms with van der Waals surface area (Å²) >= 11 is 0. The second kappa shape index (κ2) is 6.47. The largest absolute Gasteiger partial charge is 0.438 e. The minimum Gasteiger partial charge on any atom is -0.438 e. The second-order valence-corrected chi connectivity index (χ2v) is 6.23. The standard InChI is InChI=1S/C18H20N4O2/c23-18(14-6-7-14)22-12-10-21(11-13-22)16-8-9-17(20-19-16)24-15-4-2-1-3-5-15/h1-5,8-9,14H,6-7,10-13H2. The number of rotatable bonds is 4. The molecule has 1 aromatic heterocycles. The van der Waals surface area contributed by atoms with E-state index in [2.05, 4.69) is 15.1 Å². The first-order valence-corrected chi connectivity index (χ1v) is 8.40. The Labute approximate surface area is 141 Å². The van der Waals surface area contributed by atoms with Gasteiger partial charge < -0.3 is 14.5 Å². The van der Waals surface area contributed by atoms with E-state index in [4.69, 9.17) is 4.74 Å². The molecule has 2 fully saturated rings. The Kier molecular flexibility index (Phi) is 4.02. The molecule has 1 saturated carbocycles. The van der Waals surface area contributed by atoms with Gasteiger partial charge in [-0.2, -0.15) is 0 Å². The number of hydrogen-bond acceptors (Lipinski definition) is 5. The third-order valence-corrected chi connectivity index (χ3v) is 4.43. The lowest BCUT2D eigenvalue weighted by Crippen LogP contribution is -2.49. The smallest absolute Gasteiger partial charge is 0.238 e. The fourth-order valence-corrected chi connectivity index (χ4v) is 2.89. The number of carbonyl (C=O) groups excluding carboxylic acids is 1. The molecular weight excluding hydrogens is 304 g/mol. The molecule has 1 amide bonds. The summed E-state index contributed by atoms with van der Waals surface area (Å²) in [5, 5.41) is 8.41. The number of para-hydroxylation sites is 1. The number of carbonyl (C=O) groups is 1. The number of piperazine rings is 1. The molecular formula is C18H20N4O2. The molecule has 0 bridgehead atoms. The summed E-state index contributed by atoms with van der Waals surface area (Å²) in [5.74, 6) is 2.67. The maximum Gasteiger partial charge on any atom is 0.238 e. The molecule has 124 valence electrons. The maximum absolute atomic E-state index is 12.1. The van der Waals surface area contributed by atoms with Crippen LogP contribution in [0.1, 0.15) is 12.8 Å². The molecule has 1 aliphatic heterocycles. The van der Waals surface area contributed by atoms with E-state index in [9.17, 15) is 4.79 Å². The zero-order chi connectivity index (χ0) is 16.4. The number of aromatic nitrogens is 2. The summed E-state index contributed by atoms with van der Waals surface area (Å²) in [6.07, 6.45) is 2.13. The van der Waals surface area contributed by atoms with Gasteiger partial charge in [0.1, 0.15) is 5.75 Å². The Balaban J connectivity index is 1.34. The molecule has 0 radical (unpaired) electrons. The predicted molar refractivity (Wildman–Crippen MR) is 90.1 cm³/mol. The van der Waals surface area contributed by atoms with Crippen LogP contribution in [0, 0.1) is 5.92 Å². The molecule has 6 heteroatoms. The number of benzene rings is 1. The fraction of sp³-hybridized carbons (Fsp3) is 0.389. The van der Waals surface area contributed by atoms with E-state index in [-0.39, 0.29) is 0 Å². The van der Waals surface area contributed by atoms with Crippen molar-refractivity contribution < 1.29 is 9.53 Å². The second-order valence-electron chi connectivity index (χ2n) is 6.23. The minimum absolute atomic E-state index is 0.297. The van der Waals surface area contributed by atoms with Gasteiger partial charge in [0.2, 0.25) is 11.8 Å². The van der Waals surface area contributed by atoms with Crippen LogP contribution < -0.4 is 9.64 Å². The van der Waals surface area contributed by atoms with Gasteiger partial charge in [0, 0.05) is 38.2 Å². The van der Waals surface area contributed by atoms with Crippen molar-refractivity contribution in [2.75, 3.05) is 31.1 Å². The molecule has 24 heavy (non-hydrogen) atoms. The Bertz CT molecular complexity index is 693. The zero-order valence-electron chi connectivity index (χ0n) is 13.5. The highest BCUT2D eigenvalue weighted by Gasteiger charge is 2.34. The molecule has 0 spiro atoms.